The maximum atomic E-state index is 11.3. The van der Waals surface area contributed by atoms with Gasteiger partial charge in [0.1, 0.15) is 0 Å². The van der Waals surface area contributed by atoms with Crippen LogP contribution >= 0.6 is 11.6 Å². The number of aromatic nitrogens is 2. The maximum Gasteiger partial charge on any atom is 0.257 e. The van der Waals surface area contributed by atoms with Crippen LogP contribution in [0, 0.1) is 0 Å². The van der Waals surface area contributed by atoms with Crippen molar-refractivity contribution < 1.29 is 8.42 Å². The predicted molar refractivity (Wildman–Crippen MR) is 49.1 cm³/mol. The summed E-state index contributed by atoms with van der Waals surface area (Å²) in [6, 6.07) is 1.39. The van der Waals surface area contributed by atoms with Crippen LogP contribution in [-0.4, -0.2) is 31.0 Å². The fraction of sp³-hybridized carbons (Fsp3) is 0.500. The van der Waals surface area contributed by atoms with Crippen LogP contribution in [0.4, 0.5) is 0 Å². The molecule has 13 heavy (non-hydrogen) atoms. The molecule has 1 aromatic heterocycles. The van der Waals surface area contributed by atoms with Gasteiger partial charge in [0.05, 0.1) is 6.20 Å². The largest absolute Gasteiger partial charge is 0.266 e. The van der Waals surface area contributed by atoms with Crippen molar-refractivity contribution in [1.29, 1.82) is 0 Å². The third-order valence-electron chi connectivity index (χ3n) is 1.37. The van der Waals surface area contributed by atoms with Crippen molar-refractivity contribution in [2.75, 3.05) is 12.4 Å². The molecule has 0 aliphatic carbocycles. The number of halogens is 1. The Morgan fingerprint density at radius 1 is 1.62 bits per heavy atom. The van der Waals surface area contributed by atoms with Crippen LogP contribution in [0.15, 0.2) is 17.3 Å². The molecule has 74 valence electrons. The summed E-state index contributed by atoms with van der Waals surface area (Å²) in [5, 5.41) is 5.99. The molecule has 0 bridgehead atoms. The number of H-pyrrole nitrogens is 1. The van der Waals surface area contributed by atoms with Crippen molar-refractivity contribution in [3.8, 4) is 0 Å². The average Bonchev–Trinajstić information content (AvgIpc) is 2.56. The molecule has 0 saturated heterocycles. The standard InChI is InChI=1S/C6H10ClN3O2S/c7-3-1-4-9-13(11,12)6-2-5-8-10-6/h2,5,9H,1,3-4H2,(H,8,10). The van der Waals surface area contributed by atoms with E-state index in [2.05, 4.69) is 14.9 Å². The summed E-state index contributed by atoms with van der Waals surface area (Å²) in [5.74, 6) is 0.436. The first-order chi connectivity index (χ1) is 6.17. The predicted octanol–water partition coefficient (Wildman–Crippen LogP) is 0.317. The Balaban J connectivity index is 2.58. The first-order valence-electron chi connectivity index (χ1n) is 3.72. The molecule has 0 aromatic carbocycles. The number of sulfonamides is 1. The topological polar surface area (TPSA) is 74.8 Å². The van der Waals surface area contributed by atoms with E-state index in [1.54, 1.807) is 0 Å². The summed E-state index contributed by atoms with van der Waals surface area (Å²) in [4.78, 5) is 0. The van der Waals surface area contributed by atoms with E-state index in [-0.39, 0.29) is 5.03 Å². The van der Waals surface area contributed by atoms with Crippen LogP contribution in [0.25, 0.3) is 0 Å². The first kappa shape index (κ1) is 10.5. The zero-order chi connectivity index (χ0) is 9.73. The van der Waals surface area contributed by atoms with E-state index < -0.39 is 10.0 Å². The van der Waals surface area contributed by atoms with Crippen molar-refractivity contribution in [2.45, 2.75) is 11.4 Å². The highest BCUT2D eigenvalue weighted by molar-refractivity contribution is 7.89. The van der Waals surface area contributed by atoms with Crippen LogP contribution in [0.3, 0.4) is 0 Å². The van der Waals surface area contributed by atoms with Gasteiger partial charge in [0.15, 0.2) is 5.03 Å². The fourth-order valence-corrected chi connectivity index (χ4v) is 1.86. The molecule has 0 spiro atoms. The molecule has 0 radical (unpaired) electrons. The molecule has 0 unspecified atom stereocenters. The van der Waals surface area contributed by atoms with Crippen LogP contribution in [-0.2, 0) is 10.0 Å². The molecule has 1 heterocycles. The van der Waals surface area contributed by atoms with Gasteiger partial charge in [0, 0.05) is 12.4 Å². The lowest BCUT2D eigenvalue weighted by molar-refractivity contribution is 0.576. The van der Waals surface area contributed by atoms with E-state index in [1.807, 2.05) is 0 Å². The number of hydrogen-bond acceptors (Lipinski definition) is 3. The molecule has 0 atom stereocenters. The van der Waals surface area contributed by atoms with Crippen LogP contribution in [0.2, 0.25) is 0 Å². The molecule has 0 saturated carbocycles. The summed E-state index contributed by atoms with van der Waals surface area (Å²) in [7, 11) is -3.42. The van der Waals surface area contributed by atoms with Gasteiger partial charge in [0.25, 0.3) is 10.0 Å². The van der Waals surface area contributed by atoms with E-state index in [9.17, 15) is 8.42 Å². The summed E-state index contributed by atoms with van der Waals surface area (Å²) in [6.45, 7) is 0.338. The Kier molecular flexibility index (Phi) is 3.71. The highest BCUT2D eigenvalue weighted by Gasteiger charge is 2.13. The number of nitrogens with zero attached hydrogens (tertiary/aromatic N) is 1. The van der Waals surface area contributed by atoms with Crippen molar-refractivity contribution in [3.63, 3.8) is 0 Å². The summed E-state index contributed by atoms with van der Waals surface area (Å²) in [5.41, 5.74) is 0. The van der Waals surface area contributed by atoms with Crippen LogP contribution in [0.1, 0.15) is 6.42 Å². The third kappa shape index (κ3) is 2.98. The minimum Gasteiger partial charge on any atom is -0.266 e. The second-order valence-corrected chi connectivity index (χ2v) is 4.47. The van der Waals surface area contributed by atoms with Gasteiger partial charge in [-0.05, 0) is 12.5 Å². The second-order valence-electron chi connectivity index (χ2n) is 2.36. The normalized spacial score (nSPS) is 11.8. The zero-order valence-corrected chi connectivity index (χ0v) is 8.40. The zero-order valence-electron chi connectivity index (χ0n) is 6.83. The quantitative estimate of drug-likeness (QED) is 0.558. The summed E-state index contributed by atoms with van der Waals surface area (Å²) in [6.07, 6.45) is 1.99. The Bertz CT molecular complexity index is 335. The van der Waals surface area contributed by atoms with E-state index in [0.29, 0.717) is 18.8 Å². The minimum atomic E-state index is -3.42. The molecule has 0 aliphatic rings. The van der Waals surface area contributed by atoms with E-state index >= 15 is 0 Å². The number of rotatable bonds is 5. The Morgan fingerprint density at radius 3 is 2.92 bits per heavy atom. The molecular formula is C6H10ClN3O2S. The van der Waals surface area contributed by atoms with E-state index in [4.69, 9.17) is 11.6 Å². The number of nitrogens with one attached hydrogen (secondary N) is 2. The van der Waals surface area contributed by atoms with Gasteiger partial charge < -0.3 is 0 Å². The number of alkyl halides is 1. The molecule has 0 fully saturated rings. The van der Waals surface area contributed by atoms with Crippen molar-refractivity contribution in [1.82, 2.24) is 14.9 Å². The molecule has 0 aliphatic heterocycles. The van der Waals surface area contributed by atoms with E-state index in [1.165, 1.54) is 12.3 Å². The minimum absolute atomic E-state index is 0.0714. The van der Waals surface area contributed by atoms with Crippen molar-refractivity contribution in [2.24, 2.45) is 0 Å². The number of hydrogen-bond donors (Lipinski definition) is 2. The lowest BCUT2D eigenvalue weighted by Gasteiger charge is -2.01. The molecule has 2 N–H and O–H groups in total. The smallest absolute Gasteiger partial charge is 0.257 e. The monoisotopic (exact) mass is 223 g/mol. The lowest BCUT2D eigenvalue weighted by atomic mass is 10.5. The SMILES string of the molecule is O=S(=O)(NCCCCl)c1ccn[nH]1. The highest BCUT2D eigenvalue weighted by Crippen LogP contribution is 2.01. The summed E-state index contributed by atoms with van der Waals surface area (Å²) < 4.78 is 25.1. The first-order valence-corrected chi connectivity index (χ1v) is 5.73. The second kappa shape index (κ2) is 4.59. The maximum absolute atomic E-state index is 11.3. The molecule has 5 nitrogen and oxygen atoms in total. The molecule has 7 heteroatoms. The Morgan fingerprint density at radius 2 is 2.38 bits per heavy atom. The molecule has 0 amide bonds. The third-order valence-corrected chi connectivity index (χ3v) is 3.03. The molecular weight excluding hydrogens is 214 g/mol. The van der Waals surface area contributed by atoms with Crippen molar-refractivity contribution in [3.05, 3.63) is 12.3 Å². The van der Waals surface area contributed by atoms with Gasteiger partial charge in [0.2, 0.25) is 0 Å². The van der Waals surface area contributed by atoms with Gasteiger partial charge in [-0.15, -0.1) is 11.6 Å². The van der Waals surface area contributed by atoms with Gasteiger partial charge in [-0.25, -0.2) is 13.1 Å². The van der Waals surface area contributed by atoms with Gasteiger partial charge >= 0.3 is 0 Å². The summed E-state index contributed by atoms with van der Waals surface area (Å²) >= 11 is 5.40. The van der Waals surface area contributed by atoms with Gasteiger partial charge in [-0.2, -0.15) is 5.10 Å². The fourth-order valence-electron chi connectivity index (χ4n) is 0.744. The van der Waals surface area contributed by atoms with Crippen molar-refractivity contribution >= 4 is 21.6 Å². The molecule has 1 aromatic rings. The Hall–Kier alpha value is -0.590. The Labute approximate surface area is 81.5 Å². The van der Waals surface area contributed by atoms with Crippen LogP contribution in [0.5, 0.6) is 0 Å². The van der Waals surface area contributed by atoms with E-state index in [0.717, 1.165) is 0 Å². The average molecular weight is 224 g/mol. The lowest BCUT2D eigenvalue weighted by Crippen LogP contribution is -2.25. The number of aromatic amines is 1. The molecule has 1 rings (SSSR count). The van der Waals surface area contributed by atoms with Gasteiger partial charge in [-0.1, -0.05) is 0 Å². The van der Waals surface area contributed by atoms with Gasteiger partial charge in [-0.3, -0.25) is 5.10 Å². The van der Waals surface area contributed by atoms with Crippen LogP contribution < -0.4 is 4.72 Å². The highest BCUT2D eigenvalue weighted by atomic mass is 35.5.